The maximum atomic E-state index is 4.41. The Balaban J connectivity index is 2.11. The molecule has 4 heteroatoms. The van der Waals surface area contributed by atoms with Gasteiger partial charge in [0, 0.05) is 36.0 Å². The normalized spacial score (nSPS) is 17.4. The molecule has 0 atom stereocenters. The van der Waals surface area contributed by atoms with Crippen LogP contribution in [0.4, 0.5) is 0 Å². The Morgan fingerprint density at radius 1 is 1.54 bits per heavy atom. The number of hydrogen-bond acceptors (Lipinski definition) is 2. The van der Waals surface area contributed by atoms with Gasteiger partial charge in [-0.15, -0.1) is 0 Å². The standard InChI is InChI=1S/C9H14IN3/c1-8-6-11-9-7-12(3-2-10)4-5-13(8)9/h6H,2-5,7H2,1H3. The molecule has 3 nitrogen and oxygen atoms in total. The van der Waals surface area contributed by atoms with Crippen molar-refractivity contribution < 1.29 is 0 Å². The minimum absolute atomic E-state index is 1.02. The summed E-state index contributed by atoms with van der Waals surface area (Å²) in [6.45, 7) is 6.62. The van der Waals surface area contributed by atoms with E-state index in [1.807, 2.05) is 6.20 Å². The van der Waals surface area contributed by atoms with Gasteiger partial charge in [-0.2, -0.15) is 0 Å². The third-order valence-corrected chi connectivity index (χ3v) is 3.03. The van der Waals surface area contributed by atoms with Crippen molar-refractivity contribution in [3.8, 4) is 0 Å². The first-order valence-electron chi connectivity index (χ1n) is 4.60. The first kappa shape index (κ1) is 9.45. The number of hydrogen-bond donors (Lipinski definition) is 0. The van der Waals surface area contributed by atoms with Gasteiger partial charge >= 0.3 is 0 Å². The molecule has 1 aromatic heterocycles. The molecule has 0 fully saturated rings. The summed E-state index contributed by atoms with van der Waals surface area (Å²) in [6.07, 6.45) is 1.98. The SMILES string of the molecule is Cc1cnc2n1CCN(CCI)C2. The van der Waals surface area contributed by atoms with Crippen LogP contribution in [0, 0.1) is 6.92 Å². The zero-order valence-electron chi connectivity index (χ0n) is 7.83. The van der Waals surface area contributed by atoms with Gasteiger partial charge in [0.15, 0.2) is 0 Å². The van der Waals surface area contributed by atoms with Crippen molar-refractivity contribution in [3.05, 3.63) is 17.7 Å². The second-order valence-corrected chi connectivity index (χ2v) is 4.51. The Morgan fingerprint density at radius 2 is 2.38 bits per heavy atom. The fourth-order valence-electron chi connectivity index (χ4n) is 1.77. The highest BCUT2D eigenvalue weighted by molar-refractivity contribution is 14.1. The Morgan fingerprint density at radius 3 is 3.15 bits per heavy atom. The summed E-state index contributed by atoms with van der Waals surface area (Å²) in [4.78, 5) is 6.87. The molecular weight excluding hydrogens is 277 g/mol. The lowest BCUT2D eigenvalue weighted by Gasteiger charge is -2.27. The molecule has 1 aromatic rings. The predicted octanol–water partition coefficient (Wildman–Crippen LogP) is 1.44. The second-order valence-electron chi connectivity index (χ2n) is 3.43. The first-order valence-corrected chi connectivity index (χ1v) is 6.13. The number of nitrogens with zero attached hydrogens (tertiary/aromatic N) is 3. The van der Waals surface area contributed by atoms with Crippen LogP contribution >= 0.6 is 22.6 Å². The van der Waals surface area contributed by atoms with Crippen molar-refractivity contribution in [2.45, 2.75) is 20.0 Å². The fourth-order valence-corrected chi connectivity index (χ4v) is 2.46. The van der Waals surface area contributed by atoms with E-state index < -0.39 is 0 Å². The first-order chi connectivity index (χ1) is 6.31. The van der Waals surface area contributed by atoms with Crippen molar-refractivity contribution in [1.29, 1.82) is 0 Å². The number of aryl methyl sites for hydroxylation is 1. The highest BCUT2D eigenvalue weighted by Crippen LogP contribution is 2.13. The molecule has 0 bridgehead atoms. The number of fused-ring (bicyclic) bond motifs is 1. The van der Waals surface area contributed by atoms with E-state index in [4.69, 9.17) is 0 Å². The summed E-state index contributed by atoms with van der Waals surface area (Å²) in [5, 5.41) is 0. The Kier molecular flexibility index (Phi) is 2.88. The second kappa shape index (κ2) is 3.96. The van der Waals surface area contributed by atoms with Gasteiger partial charge in [-0.1, -0.05) is 22.6 Å². The van der Waals surface area contributed by atoms with Gasteiger partial charge in [-0.25, -0.2) is 4.98 Å². The monoisotopic (exact) mass is 291 g/mol. The molecule has 0 amide bonds. The summed E-state index contributed by atoms with van der Waals surface area (Å²) in [5.41, 5.74) is 1.30. The van der Waals surface area contributed by atoms with Crippen LogP contribution in [0.1, 0.15) is 11.5 Å². The largest absolute Gasteiger partial charge is 0.330 e. The number of rotatable bonds is 2. The molecule has 0 unspecified atom stereocenters. The molecule has 2 rings (SSSR count). The molecule has 0 aliphatic carbocycles. The molecule has 0 aromatic carbocycles. The van der Waals surface area contributed by atoms with Crippen LogP contribution in [0.5, 0.6) is 0 Å². The molecule has 1 aliphatic rings. The van der Waals surface area contributed by atoms with Crippen molar-refractivity contribution in [3.63, 3.8) is 0 Å². The van der Waals surface area contributed by atoms with E-state index in [0.29, 0.717) is 0 Å². The van der Waals surface area contributed by atoms with E-state index in [9.17, 15) is 0 Å². The summed E-state index contributed by atoms with van der Waals surface area (Å²) < 4.78 is 3.53. The quantitative estimate of drug-likeness (QED) is 0.607. The minimum Gasteiger partial charge on any atom is -0.330 e. The topological polar surface area (TPSA) is 21.1 Å². The maximum Gasteiger partial charge on any atom is 0.123 e. The van der Waals surface area contributed by atoms with E-state index in [2.05, 4.69) is 44.0 Å². The summed E-state index contributed by atoms with van der Waals surface area (Å²) in [6, 6.07) is 0. The number of imidazole rings is 1. The van der Waals surface area contributed by atoms with Crippen molar-refractivity contribution in [2.75, 3.05) is 17.5 Å². The van der Waals surface area contributed by atoms with Crippen molar-refractivity contribution in [1.82, 2.24) is 14.5 Å². The molecule has 72 valence electrons. The van der Waals surface area contributed by atoms with E-state index in [-0.39, 0.29) is 0 Å². The van der Waals surface area contributed by atoms with E-state index >= 15 is 0 Å². The van der Waals surface area contributed by atoms with Crippen molar-refractivity contribution in [2.24, 2.45) is 0 Å². The average molecular weight is 291 g/mol. The highest BCUT2D eigenvalue weighted by atomic mass is 127. The van der Waals surface area contributed by atoms with Crippen LogP contribution in [0.3, 0.4) is 0 Å². The smallest absolute Gasteiger partial charge is 0.123 e. The lowest BCUT2D eigenvalue weighted by molar-refractivity contribution is 0.230. The van der Waals surface area contributed by atoms with Gasteiger partial charge in [0.25, 0.3) is 0 Å². The van der Waals surface area contributed by atoms with E-state index in [0.717, 1.165) is 13.1 Å². The Labute approximate surface area is 92.3 Å². The van der Waals surface area contributed by atoms with Gasteiger partial charge in [0.1, 0.15) is 5.82 Å². The van der Waals surface area contributed by atoms with Crippen LogP contribution in [-0.4, -0.2) is 32.0 Å². The van der Waals surface area contributed by atoms with Gasteiger partial charge < -0.3 is 4.57 Å². The highest BCUT2D eigenvalue weighted by Gasteiger charge is 2.17. The van der Waals surface area contributed by atoms with Crippen LogP contribution in [0.2, 0.25) is 0 Å². The van der Waals surface area contributed by atoms with Crippen LogP contribution in [-0.2, 0) is 13.1 Å². The molecular formula is C9H14IN3. The molecule has 0 spiro atoms. The van der Waals surface area contributed by atoms with Crippen LogP contribution < -0.4 is 0 Å². The maximum absolute atomic E-state index is 4.41. The van der Waals surface area contributed by atoms with Gasteiger partial charge in [-0.05, 0) is 6.92 Å². The van der Waals surface area contributed by atoms with Gasteiger partial charge in [-0.3, -0.25) is 4.90 Å². The average Bonchev–Trinajstić information content (AvgIpc) is 2.48. The van der Waals surface area contributed by atoms with Crippen LogP contribution in [0.25, 0.3) is 0 Å². The number of halogens is 1. The molecule has 0 N–H and O–H groups in total. The minimum atomic E-state index is 1.02. The fraction of sp³-hybridized carbons (Fsp3) is 0.667. The third-order valence-electron chi connectivity index (χ3n) is 2.54. The third kappa shape index (κ3) is 1.88. The molecule has 0 saturated heterocycles. The molecule has 13 heavy (non-hydrogen) atoms. The van der Waals surface area contributed by atoms with Crippen LogP contribution in [0.15, 0.2) is 6.20 Å². The molecule has 2 heterocycles. The summed E-state index contributed by atoms with van der Waals surface area (Å²) in [7, 11) is 0. The zero-order chi connectivity index (χ0) is 9.26. The summed E-state index contributed by atoms with van der Waals surface area (Å²) in [5.74, 6) is 1.23. The number of aromatic nitrogens is 2. The van der Waals surface area contributed by atoms with E-state index in [1.54, 1.807) is 0 Å². The predicted molar refractivity (Wildman–Crippen MR) is 61.1 cm³/mol. The molecule has 1 aliphatic heterocycles. The van der Waals surface area contributed by atoms with Gasteiger partial charge in [0.05, 0.1) is 6.54 Å². The zero-order valence-corrected chi connectivity index (χ0v) is 9.99. The molecule has 0 saturated carbocycles. The van der Waals surface area contributed by atoms with Crippen molar-refractivity contribution >= 4 is 22.6 Å². The lowest BCUT2D eigenvalue weighted by Crippen LogP contribution is -2.35. The molecule has 0 radical (unpaired) electrons. The lowest BCUT2D eigenvalue weighted by atomic mass is 10.3. The van der Waals surface area contributed by atoms with E-state index in [1.165, 1.54) is 29.0 Å². The van der Waals surface area contributed by atoms with Gasteiger partial charge in [0.2, 0.25) is 0 Å². The summed E-state index contributed by atoms with van der Waals surface area (Å²) >= 11 is 2.43. The number of alkyl halides is 1. The Hall–Kier alpha value is -0.100. The Bertz CT molecular complexity index is 295.